The van der Waals surface area contributed by atoms with Crippen molar-refractivity contribution in [2.45, 2.75) is 12.8 Å². The Morgan fingerprint density at radius 3 is 2.55 bits per heavy atom. The number of H-pyrrole nitrogens is 1. The average Bonchev–Trinajstić information content (AvgIpc) is 2.65. The maximum atomic E-state index is 12.6. The van der Waals surface area contributed by atoms with E-state index in [9.17, 15) is 18.0 Å². The molecule has 1 N–H and O–H groups in total. The molecule has 1 heterocycles. The summed E-state index contributed by atoms with van der Waals surface area (Å²) in [5.41, 5.74) is -0.696. The van der Waals surface area contributed by atoms with Crippen molar-refractivity contribution in [1.82, 2.24) is 9.78 Å². The predicted octanol–water partition coefficient (Wildman–Crippen LogP) is 2.96. The van der Waals surface area contributed by atoms with E-state index in [0.29, 0.717) is 5.69 Å². The van der Waals surface area contributed by atoms with E-state index in [0.717, 1.165) is 12.1 Å². The third-order valence-corrected chi connectivity index (χ3v) is 2.75. The predicted molar refractivity (Wildman–Crippen MR) is 66.8 cm³/mol. The van der Waals surface area contributed by atoms with E-state index in [1.807, 2.05) is 0 Å². The number of ether oxygens (including phenoxy) is 1. The molecule has 0 aliphatic rings. The monoisotopic (exact) mass is 306 g/mol. The van der Waals surface area contributed by atoms with Gasteiger partial charge in [-0.1, -0.05) is 11.6 Å². The van der Waals surface area contributed by atoms with Gasteiger partial charge in [-0.3, -0.25) is 14.6 Å². The first-order valence-corrected chi connectivity index (χ1v) is 5.89. The van der Waals surface area contributed by atoms with Crippen molar-refractivity contribution in [3.8, 4) is 5.75 Å². The molecule has 4 nitrogen and oxygen atoms in total. The van der Waals surface area contributed by atoms with E-state index in [1.54, 1.807) is 0 Å². The van der Waals surface area contributed by atoms with Crippen LogP contribution in [-0.2, 0) is 19.8 Å². The Morgan fingerprint density at radius 2 is 2.00 bits per heavy atom. The molecule has 108 valence electrons. The molecule has 0 saturated carbocycles. The number of nitrogens with one attached hydrogen (secondary N) is 1. The van der Waals surface area contributed by atoms with Gasteiger partial charge in [-0.2, -0.15) is 13.2 Å². The molecule has 0 fully saturated rings. The summed E-state index contributed by atoms with van der Waals surface area (Å²) in [6.45, 7) is -0.0618. The van der Waals surface area contributed by atoms with E-state index >= 15 is 0 Å². The van der Waals surface area contributed by atoms with Crippen LogP contribution in [0.1, 0.15) is 11.3 Å². The van der Waals surface area contributed by atoms with Crippen molar-refractivity contribution in [3.05, 3.63) is 50.9 Å². The fraction of sp³-hybridized carbons (Fsp3) is 0.250. The van der Waals surface area contributed by atoms with Gasteiger partial charge in [-0.05, 0) is 18.2 Å². The highest BCUT2D eigenvalue weighted by atomic mass is 35.5. The molecule has 2 aromatic rings. The van der Waals surface area contributed by atoms with Gasteiger partial charge < -0.3 is 4.74 Å². The minimum absolute atomic E-state index is 0.0190. The van der Waals surface area contributed by atoms with Gasteiger partial charge in [0, 0.05) is 18.1 Å². The van der Waals surface area contributed by atoms with E-state index in [-0.39, 0.29) is 22.9 Å². The molecular weight excluding hydrogens is 297 g/mol. The van der Waals surface area contributed by atoms with Crippen LogP contribution in [0.2, 0.25) is 5.02 Å². The second-order valence-corrected chi connectivity index (χ2v) is 4.58. The highest BCUT2D eigenvalue weighted by Gasteiger charge is 2.31. The zero-order valence-electron chi connectivity index (χ0n) is 10.3. The molecule has 0 atom stereocenters. The largest absolute Gasteiger partial charge is 0.487 e. The molecule has 2 rings (SSSR count). The minimum atomic E-state index is -4.50. The molecule has 8 heteroatoms. The number of hydrogen-bond acceptors (Lipinski definition) is 2. The number of alkyl halides is 3. The van der Waals surface area contributed by atoms with Gasteiger partial charge in [-0.25, -0.2) is 0 Å². The maximum Gasteiger partial charge on any atom is 0.416 e. The van der Waals surface area contributed by atoms with Crippen LogP contribution in [0.5, 0.6) is 5.75 Å². The van der Waals surface area contributed by atoms with Crippen molar-refractivity contribution >= 4 is 11.6 Å². The lowest BCUT2D eigenvalue weighted by molar-refractivity contribution is -0.137. The molecule has 0 radical (unpaired) electrons. The molecule has 0 saturated heterocycles. The smallest absolute Gasteiger partial charge is 0.416 e. The molecule has 0 bridgehead atoms. The van der Waals surface area contributed by atoms with Gasteiger partial charge in [0.15, 0.2) is 0 Å². The van der Waals surface area contributed by atoms with Crippen LogP contribution < -0.4 is 10.3 Å². The number of halogens is 4. The van der Waals surface area contributed by atoms with Crippen LogP contribution in [-0.4, -0.2) is 9.78 Å². The Balaban J connectivity index is 2.17. The van der Waals surface area contributed by atoms with Gasteiger partial charge in [0.1, 0.15) is 12.4 Å². The lowest BCUT2D eigenvalue weighted by atomic mass is 10.2. The third-order valence-electron chi connectivity index (χ3n) is 2.53. The number of nitrogens with zero attached hydrogens (tertiary/aromatic N) is 1. The fourth-order valence-electron chi connectivity index (χ4n) is 1.59. The van der Waals surface area contributed by atoms with Crippen LogP contribution in [0.15, 0.2) is 29.1 Å². The molecule has 0 amide bonds. The summed E-state index contributed by atoms with van der Waals surface area (Å²) in [6.07, 6.45) is -4.50. The Kier molecular flexibility index (Phi) is 3.80. The van der Waals surface area contributed by atoms with E-state index in [1.165, 1.54) is 23.9 Å². The normalized spacial score (nSPS) is 11.7. The molecule has 0 aliphatic heterocycles. The van der Waals surface area contributed by atoms with Gasteiger partial charge >= 0.3 is 6.18 Å². The first kappa shape index (κ1) is 14.5. The molecule has 0 spiro atoms. The number of benzene rings is 1. The number of rotatable bonds is 3. The Hall–Kier alpha value is -1.89. The number of aryl methyl sites for hydroxylation is 1. The molecule has 0 unspecified atom stereocenters. The molecular formula is C12H10ClF3N2O2. The quantitative estimate of drug-likeness (QED) is 0.947. The Morgan fingerprint density at radius 1 is 1.30 bits per heavy atom. The lowest BCUT2D eigenvalue weighted by Gasteiger charge is -2.10. The number of aromatic amines is 1. The van der Waals surface area contributed by atoms with Crippen LogP contribution in [0.3, 0.4) is 0 Å². The molecule has 1 aromatic carbocycles. The highest BCUT2D eigenvalue weighted by molar-refractivity contribution is 6.30. The van der Waals surface area contributed by atoms with E-state index in [2.05, 4.69) is 5.10 Å². The van der Waals surface area contributed by atoms with Crippen LogP contribution >= 0.6 is 11.6 Å². The zero-order valence-corrected chi connectivity index (χ0v) is 11.0. The second-order valence-electron chi connectivity index (χ2n) is 4.14. The maximum absolute atomic E-state index is 12.6. The zero-order chi connectivity index (χ0) is 14.9. The van der Waals surface area contributed by atoms with Gasteiger partial charge in [0.2, 0.25) is 0 Å². The number of aromatic nitrogens is 2. The van der Waals surface area contributed by atoms with Crippen LogP contribution in [0.25, 0.3) is 0 Å². The van der Waals surface area contributed by atoms with Crippen LogP contribution in [0, 0.1) is 0 Å². The molecule has 1 aromatic heterocycles. The van der Waals surface area contributed by atoms with E-state index < -0.39 is 11.7 Å². The summed E-state index contributed by atoms with van der Waals surface area (Å²) in [5, 5.41) is 2.63. The average molecular weight is 307 g/mol. The minimum Gasteiger partial charge on any atom is -0.487 e. The Labute approximate surface area is 116 Å². The molecule has 0 aliphatic carbocycles. The summed E-state index contributed by atoms with van der Waals surface area (Å²) in [5.74, 6) is -0.0190. The van der Waals surface area contributed by atoms with Gasteiger partial charge in [0.05, 0.1) is 11.3 Å². The van der Waals surface area contributed by atoms with E-state index in [4.69, 9.17) is 16.3 Å². The van der Waals surface area contributed by atoms with Crippen molar-refractivity contribution in [2.24, 2.45) is 7.05 Å². The van der Waals surface area contributed by atoms with Gasteiger partial charge in [0.25, 0.3) is 5.56 Å². The number of hydrogen-bond donors (Lipinski definition) is 1. The topological polar surface area (TPSA) is 47.0 Å². The summed E-state index contributed by atoms with van der Waals surface area (Å²) < 4.78 is 44.3. The SMILES string of the molecule is Cn1[nH]c(COc2cc(Cl)cc(C(F)(F)F)c2)cc1=O. The first-order chi connectivity index (χ1) is 9.25. The standard InChI is InChI=1S/C12H10ClF3N2O2/c1-18-11(19)5-9(17-18)6-20-10-3-7(12(14,15)16)2-8(13)4-10/h2-5,17H,6H2,1H3. The third kappa shape index (κ3) is 3.36. The summed E-state index contributed by atoms with van der Waals surface area (Å²) in [4.78, 5) is 11.2. The van der Waals surface area contributed by atoms with Crippen molar-refractivity contribution in [1.29, 1.82) is 0 Å². The Bertz CT molecular complexity index is 676. The second kappa shape index (κ2) is 5.24. The fourth-order valence-corrected chi connectivity index (χ4v) is 1.82. The van der Waals surface area contributed by atoms with Crippen molar-refractivity contribution in [3.63, 3.8) is 0 Å². The van der Waals surface area contributed by atoms with Crippen molar-refractivity contribution < 1.29 is 17.9 Å². The first-order valence-electron chi connectivity index (χ1n) is 5.51. The van der Waals surface area contributed by atoms with Crippen LogP contribution in [0.4, 0.5) is 13.2 Å². The highest BCUT2D eigenvalue weighted by Crippen LogP contribution is 2.34. The summed E-state index contributed by atoms with van der Waals surface area (Å²) >= 11 is 5.63. The summed E-state index contributed by atoms with van der Waals surface area (Å²) in [7, 11) is 1.52. The van der Waals surface area contributed by atoms with Crippen molar-refractivity contribution in [2.75, 3.05) is 0 Å². The lowest BCUT2D eigenvalue weighted by Crippen LogP contribution is -2.09. The van der Waals surface area contributed by atoms with Gasteiger partial charge in [-0.15, -0.1) is 0 Å². The molecule has 20 heavy (non-hydrogen) atoms. The summed E-state index contributed by atoms with van der Waals surface area (Å²) in [6, 6.07) is 4.25.